The number of aromatic carboxylic acids is 1. The maximum Gasteiger partial charge on any atom is 0.335 e. The summed E-state index contributed by atoms with van der Waals surface area (Å²) in [6.45, 7) is 0. The van der Waals surface area contributed by atoms with Crippen LogP contribution in [0, 0.1) is 10.1 Å². The second-order valence-corrected chi connectivity index (χ2v) is 4.00. The first kappa shape index (κ1) is 14.3. The van der Waals surface area contributed by atoms with E-state index >= 15 is 0 Å². The van der Waals surface area contributed by atoms with Gasteiger partial charge in [-0.1, -0.05) is 12.1 Å². The van der Waals surface area contributed by atoms with Crippen LogP contribution in [0.15, 0.2) is 42.5 Å². The van der Waals surface area contributed by atoms with E-state index in [4.69, 9.17) is 14.6 Å². The Hall–Kier alpha value is -3.09. The fourth-order valence-corrected chi connectivity index (χ4v) is 1.70. The number of benzene rings is 2. The lowest BCUT2D eigenvalue weighted by Gasteiger charge is -2.10. The van der Waals surface area contributed by atoms with Crippen molar-refractivity contribution in [2.75, 3.05) is 7.11 Å². The highest BCUT2D eigenvalue weighted by atomic mass is 16.6. The van der Waals surface area contributed by atoms with Crippen molar-refractivity contribution in [2.45, 2.75) is 0 Å². The maximum atomic E-state index is 11.0. The number of hydrogen-bond donors (Lipinski definition) is 1. The molecular formula is C14H11NO6. The van der Waals surface area contributed by atoms with Crippen molar-refractivity contribution < 1.29 is 24.3 Å². The SMILES string of the molecule is COc1ccccc1Oc1cc(C(=O)O)ccc1[N+](=O)[O-]. The molecule has 0 spiro atoms. The lowest BCUT2D eigenvalue weighted by atomic mass is 10.2. The van der Waals surface area contributed by atoms with Gasteiger partial charge in [0.2, 0.25) is 5.75 Å². The van der Waals surface area contributed by atoms with Crippen LogP contribution in [0.1, 0.15) is 10.4 Å². The summed E-state index contributed by atoms with van der Waals surface area (Å²) in [6.07, 6.45) is 0. The third kappa shape index (κ3) is 3.08. The molecule has 2 aromatic carbocycles. The van der Waals surface area contributed by atoms with Crippen LogP contribution >= 0.6 is 0 Å². The van der Waals surface area contributed by atoms with Crippen molar-refractivity contribution in [3.63, 3.8) is 0 Å². The molecule has 7 heteroatoms. The van der Waals surface area contributed by atoms with Gasteiger partial charge in [0.1, 0.15) is 0 Å². The monoisotopic (exact) mass is 289 g/mol. The van der Waals surface area contributed by atoms with E-state index in [0.717, 1.165) is 18.2 Å². The number of rotatable bonds is 5. The van der Waals surface area contributed by atoms with Gasteiger partial charge in [0.25, 0.3) is 0 Å². The number of carbonyl (C=O) groups is 1. The molecule has 0 aliphatic heterocycles. The number of carboxylic acids is 1. The molecule has 1 N–H and O–H groups in total. The summed E-state index contributed by atoms with van der Waals surface area (Å²) in [7, 11) is 1.43. The van der Waals surface area contributed by atoms with Crippen molar-refractivity contribution in [1.29, 1.82) is 0 Å². The fraction of sp³-hybridized carbons (Fsp3) is 0.0714. The highest BCUT2D eigenvalue weighted by Crippen LogP contribution is 2.36. The quantitative estimate of drug-likeness (QED) is 0.670. The molecule has 0 aliphatic carbocycles. The number of nitro groups is 1. The Morgan fingerprint density at radius 2 is 1.81 bits per heavy atom. The first-order valence-corrected chi connectivity index (χ1v) is 5.85. The molecule has 0 aromatic heterocycles. The maximum absolute atomic E-state index is 11.0. The van der Waals surface area contributed by atoms with Gasteiger partial charge in [-0.2, -0.15) is 0 Å². The molecule has 2 aromatic rings. The largest absolute Gasteiger partial charge is 0.493 e. The topological polar surface area (TPSA) is 98.9 Å². The van der Waals surface area contributed by atoms with E-state index in [0.29, 0.717) is 5.75 Å². The fourth-order valence-electron chi connectivity index (χ4n) is 1.70. The van der Waals surface area contributed by atoms with Gasteiger partial charge in [-0.15, -0.1) is 0 Å². The lowest BCUT2D eigenvalue weighted by molar-refractivity contribution is -0.385. The summed E-state index contributed by atoms with van der Waals surface area (Å²) in [5.74, 6) is -0.725. The minimum Gasteiger partial charge on any atom is -0.493 e. The molecule has 0 bridgehead atoms. The summed E-state index contributed by atoms with van der Waals surface area (Å²) < 4.78 is 10.5. The van der Waals surface area contributed by atoms with Crippen LogP contribution in [0.4, 0.5) is 5.69 Å². The van der Waals surface area contributed by atoms with Crippen LogP contribution in [0.2, 0.25) is 0 Å². The van der Waals surface area contributed by atoms with Gasteiger partial charge in [-0.05, 0) is 18.2 Å². The molecule has 0 amide bonds. The Labute approximate surface area is 119 Å². The summed E-state index contributed by atoms with van der Waals surface area (Å²) in [4.78, 5) is 21.3. The molecule has 0 unspecified atom stereocenters. The third-order valence-corrected chi connectivity index (χ3v) is 2.69. The van der Waals surface area contributed by atoms with E-state index < -0.39 is 10.9 Å². The molecule has 7 nitrogen and oxygen atoms in total. The number of ether oxygens (including phenoxy) is 2. The Balaban J connectivity index is 2.48. The minimum absolute atomic E-state index is 0.106. The number of para-hydroxylation sites is 2. The molecular weight excluding hydrogens is 278 g/mol. The first-order valence-electron chi connectivity index (χ1n) is 5.85. The number of methoxy groups -OCH3 is 1. The lowest BCUT2D eigenvalue weighted by Crippen LogP contribution is -2.00. The van der Waals surface area contributed by atoms with Crippen molar-refractivity contribution >= 4 is 11.7 Å². The second kappa shape index (κ2) is 5.91. The molecule has 0 radical (unpaired) electrons. The Kier molecular flexibility index (Phi) is 4.03. The highest BCUT2D eigenvalue weighted by Gasteiger charge is 2.19. The van der Waals surface area contributed by atoms with Crippen LogP contribution in [0.5, 0.6) is 17.2 Å². The average Bonchev–Trinajstić information content (AvgIpc) is 2.47. The molecule has 108 valence electrons. The number of nitro benzene ring substituents is 1. The predicted molar refractivity (Wildman–Crippen MR) is 73.1 cm³/mol. The first-order chi connectivity index (χ1) is 10.0. The van der Waals surface area contributed by atoms with Gasteiger partial charge in [-0.3, -0.25) is 10.1 Å². The highest BCUT2D eigenvalue weighted by molar-refractivity contribution is 5.88. The van der Waals surface area contributed by atoms with Gasteiger partial charge in [0.05, 0.1) is 17.6 Å². The Morgan fingerprint density at radius 3 is 2.38 bits per heavy atom. The van der Waals surface area contributed by atoms with Crippen LogP contribution in [-0.4, -0.2) is 23.1 Å². The van der Waals surface area contributed by atoms with Gasteiger partial charge in [0, 0.05) is 12.1 Å². The second-order valence-electron chi connectivity index (χ2n) is 4.00. The van der Waals surface area contributed by atoms with Crippen LogP contribution in [-0.2, 0) is 0 Å². The van der Waals surface area contributed by atoms with Gasteiger partial charge < -0.3 is 14.6 Å². The molecule has 0 heterocycles. The molecule has 0 saturated heterocycles. The molecule has 0 fully saturated rings. The normalized spacial score (nSPS) is 9.95. The summed E-state index contributed by atoms with van der Waals surface area (Å²) in [5.41, 5.74) is -0.434. The van der Waals surface area contributed by atoms with E-state index in [1.54, 1.807) is 24.3 Å². The third-order valence-electron chi connectivity index (χ3n) is 2.69. The predicted octanol–water partition coefficient (Wildman–Crippen LogP) is 3.09. The Bertz CT molecular complexity index is 698. The summed E-state index contributed by atoms with van der Waals surface area (Å²) >= 11 is 0. The number of nitrogens with zero attached hydrogens (tertiary/aromatic N) is 1. The standard InChI is InChI=1S/C14H11NO6/c1-20-11-4-2-3-5-12(11)21-13-8-9(14(16)17)6-7-10(13)15(18)19/h2-8H,1H3,(H,16,17). The van der Waals surface area contributed by atoms with E-state index in [1.165, 1.54) is 7.11 Å². The van der Waals surface area contributed by atoms with E-state index in [-0.39, 0.29) is 22.7 Å². The van der Waals surface area contributed by atoms with E-state index in [2.05, 4.69) is 0 Å². The number of hydrogen-bond acceptors (Lipinski definition) is 5. The number of carboxylic acid groups (broad SMARTS) is 1. The van der Waals surface area contributed by atoms with Crippen molar-refractivity contribution in [2.24, 2.45) is 0 Å². The average molecular weight is 289 g/mol. The van der Waals surface area contributed by atoms with Gasteiger partial charge in [0.15, 0.2) is 11.5 Å². The van der Waals surface area contributed by atoms with Crippen molar-refractivity contribution in [1.82, 2.24) is 0 Å². The van der Waals surface area contributed by atoms with E-state index in [1.807, 2.05) is 0 Å². The van der Waals surface area contributed by atoms with Crippen molar-refractivity contribution in [3.8, 4) is 17.2 Å². The summed E-state index contributed by atoms with van der Waals surface area (Å²) in [6, 6.07) is 9.92. The molecule has 2 rings (SSSR count). The van der Waals surface area contributed by atoms with Gasteiger partial charge >= 0.3 is 11.7 Å². The van der Waals surface area contributed by atoms with Crippen LogP contribution < -0.4 is 9.47 Å². The van der Waals surface area contributed by atoms with E-state index in [9.17, 15) is 14.9 Å². The molecule has 0 atom stereocenters. The molecule has 0 saturated carbocycles. The molecule has 21 heavy (non-hydrogen) atoms. The molecule has 0 aliphatic rings. The van der Waals surface area contributed by atoms with Gasteiger partial charge in [-0.25, -0.2) is 4.79 Å². The smallest absolute Gasteiger partial charge is 0.335 e. The zero-order valence-corrected chi connectivity index (χ0v) is 11.0. The zero-order valence-electron chi connectivity index (χ0n) is 11.0. The van der Waals surface area contributed by atoms with Crippen molar-refractivity contribution in [3.05, 3.63) is 58.1 Å². The minimum atomic E-state index is -1.20. The summed E-state index contributed by atoms with van der Waals surface area (Å²) in [5, 5.41) is 19.9. The zero-order chi connectivity index (χ0) is 15.4. The van der Waals surface area contributed by atoms with Crippen LogP contribution in [0.25, 0.3) is 0 Å². The van der Waals surface area contributed by atoms with Crippen LogP contribution in [0.3, 0.4) is 0 Å². The Morgan fingerprint density at radius 1 is 1.14 bits per heavy atom.